The number of nitrogens with one attached hydrogen (secondary N) is 2. The number of carbonyl (C=O) groups is 2. The van der Waals surface area contributed by atoms with Gasteiger partial charge < -0.3 is 10.6 Å². The smallest absolute Gasteiger partial charge is 0.237 e. The van der Waals surface area contributed by atoms with Crippen molar-refractivity contribution in [3.63, 3.8) is 0 Å². The molecule has 1 aromatic heterocycles. The average molecular weight is 383 g/mol. The predicted molar refractivity (Wildman–Crippen MR) is 108 cm³/mol. The molecule has 0 saturated carbocycles. The average Bonchev–Trinajstić information content (AvgIpc) is 3.17. The molecule has 0 aliphatic carbocycles. The van der Waals surface area contributed by atoms with Gasteiger partial charge in [-0.15, -0.1) is 0 Å². The van der Waals surface area contributed by atoms with Gasteiger partial charge in [0.05, 0.1) is 18.2 Å². The largest absolute Gasteiger partial charge is 0.353 e. The molecule has 1 atom stereocenters. The van der Waals surface area contributed by atoms with Gasteiger partial charge in [-0.25, -0.2) is 4.68 Å². The summed E-state index contributed by atoms with van der Waals surface area (Å²) in [4.78, 5) is 27.0. The molecule has 150 valence electrons. The van der Waals surface area contributed by atoms with E-state index in [0.717, 1.165) is 24.3 Å². The third kappa shape index (κ3) is 5.42. The van der Waals surface area contributed by atoms with Crippen LogP contribution in [0.4, 0.5) is 0 Å². The van der Waals surface area contributed by atoms with Crippen molar-refractivity contribution in [2.45, 2.75) is 39.8 Å². The van der Waals surface area contributed by atoms with Gasteiger partial charge in [0.1, 0.15) is 0 Å². The molecule has 1 fully saturated rings. The summed E-state index contributed by atoms with van der Waals surface area (Å²) in [5.74, 6) is -0.184. The molecule has 7 nitrogen and oxygen atoms in total. The summed E-state index contributed by atoms with van der Waals surface area (Å²) in [6, 6.07) is 9.32. The van der Waals surface area contributed by atoms with Crippen molar-refractivity contribution in [1.29, 1.82) is 0 Å². The number of benzene rings is 1. The lowest BCUT2D eigenvalue weighted by molar-refractivity contribution is -0.134. The number of rotatable bonds is 6. The Morgan fingerprint density at radius 3 is 2.86 bits per heavy atom. The summed E-state index contributed by atoms with van der Waals surface area (Å²) in [6.07, 6.45) is 3.77. The van der Waals surface area contributed by atoms with Crippen LogP contribution in [0.15, 0.2) is 42.7 Å². The van der Waals surface area contributed by atoms with E-state index < -0.39 is 6.04 Å². The first-order valence-corrected chi connectivity index (χ1v) is 9.69. The highest BCUT2D eigenvalue weighted by Crippen LogP contribution is 2.19. The quantitative estimate of drug-likeness (QED) is 0.796. The lowest BCUT2D eigenvalue weighted by atomic mass is 9.94. The van der Waals surface area contributed by atoms with E-state index in [-0.39, 0.29) is 23.7 Å². The molecule has 2 N–H and O–H groups in total. The van der Waals surface area contributed by atoms with E-state index in [2.05, 4.69) is 41.4 Å². The molecular formula is C21H29N5O2. The van der Waals surface area contributed by atoms with Crippen molar-refractivity contribution in [2.75, 3.05) is 19.6 Å². The van der Waals surface area contributed by atoms with Crippen LogP contribution >= 0.6 is 0 Å². The Balaban J connectivity index is 1.58. The van der Waals surface area contributed by atoms with Gasteiger partial charge >= 0.3 is 0 Å². The summed E-state index contributed by atoms with van der Waals surface area (Å²) in [5, 5.41) is 10.1. The van der Waals surface area contributed by atoms with Crippen LogP contribution in [0.25, 0.3) is 5.69 Å². The molecule has 1 aliphatic heterocycles. The third-order valence-electron chi connectivity index (χ3n) is 4.67. The van der Waals surface area contributed by atoms with E-state index in [1.807, 2.05) is 36.5 Å². The fraction of sp³-hybridized carbons (Fsp3) is 0.476. The highest BCUT2D eigenvalue weighted by Gasteiger charge is 2.33. The first kappa shape index (κ1) is 20.1. The van der Waals surface area contributed by atoms with Gasteiger partial charge in [0.2, 0.25) is 11.8 Å². The van der Waals surface area contributed by atoms with Crippen LogP contribution in [-0.4, -0.2) is 52.2 Å². The zero-order chi connectivity index (χ0) is 20.1. The van der Waals surface area contributed by atoms with Crippen LogP contribution in [0.3, 0.4) is 0 Å². The van der Waals surface area contributed by atoms with Crippen LogP contribution < -0.4 is 10.6 Å². The Morgan fingerprint density at radius 2 is 2.14 bits per heavy atom. The predicted octanol–water partition coefficient (Wildman–Crippen LogP) is 1.73. The molecule has 0 spiro atoms. The molecule has 1 aliphatic rings. The number of nitrogens with zero attached hydrogens (tertiary/aromatic N) is 3. The van der Waals surface area contributed by atoms with Crippen molar-refractivity contribution in [3.05, 3.63) is 48.3 Å². The molecule has 2 amide bonds. The van der Waals surface area contributed by atoms with E-state index in [0.29, 0.717) is 13.1 Å². The fourth-order valence-corrected chi connectivity index (χ4v) is 3.46. The molecular weight excluding hydrogens is 354 g/mol. The number of aromatic nitrogens is 2. The lowest BCUT2D eigenvalue weighted by Crippen LogP contribution is -2.58. The number of amides is 2. The van der Waals surface area contributed by atoms with Crippen molar-refractivity contribution < 1.29 is 9.59 Å². The number of piperazine rings is 1. The van der Waals surface area contributed by atoms with Crippen molar-refractivity contribution in [1.82, 2.24) is 25.3 Å². The first-order chi connectivity index (χ1) is 13.3. The minimum Gasteiger partial charge on any atom is -0.353 e. The normalized spacial score (nSPS) is 18.0. The summed E-state index contributed by atoms with van der Waals surface area (Å²) in [6.45, 7) is 9.03. The van der Waals surface area contributed by atoms with E-state index in [9.17, 15) is 9.59 Å². The zero-order valence-electron chi connectivity index (χ0n) is 16.8. The zero-order valence-corrected chi connectivity index (χ0v) is 16.8. The highest BCUT2D eigenvalue weighted by atomic mass is 16.2. The standard InChI is InChI=1S/C21H29N5O2/c1-21(2,3)15-25-11-9-22-20(28)18(25)13-19(27)23-14-16-6-4-7-17(12-16)26-10-5-8-24-26/h4-8,10,12,18H,9,11,13-15H2,1-3H3,(H,22,28)(H,23,27)/t18-/m1/s1. The van der Waals surface area contributed by atoms with Crippen LogP contribution in [0.5, 0.6) is 0 Å². The molecule has 2 heterocycles. The third-order valence-corrected chi connectivity index (χ3v) is 4.67. The fourth-order valence-electron chi connectivity index (χ4n) is 3.46. The van der Waals surface area contributed by atoms with Gasteiger partial charge in [-0.3, -0.25) is 14.5 Å². The monoisotopic (exact) mass is 383 g/mol. The summed E-state index contributed by atoms with van der Waals surface area (Å²) in [5.41, 5.74) is 2.00. The van der Waals surface area contributed by atoms with E-state index in [1.54, 1.807) is 10.9 Å². The summed E-state index contributed by atoms with van der Waals surface area (Å²) in [7, 11) is 0. The summed E-state index contributed by atoms with van der Waals surface area (Å²) < 4.78 is 1.78. The van der Waals surface area contributed by atoms with E-state index in [4.69, 9.17) is 0 Å². The topological polar surface area (TPSA) is 79.3 Å². The Morgan fingerprint density at radius 1 is 1.32 bits per heavy atom. The second-order valence-electron chi connectivity index (χ2n) is 8.44. The van der Waals surface area contributed by atoms with Gasteiger partial charge in [0, 0.05) is 38.6 Å². The number of hydrogen-bond donors (Lipinski definition) is 2. The second kappa shape index (κ2) is 8.56. The summed E-state index contributed by atoms with van der Waals surface area (Å²) >= 11 is 0. The molecule has 0 radical (unpaired) electrons. The SMILES string of the molecule is CC(C)(C)CN1CCNC(=O)[C@H]1CC(=O)NCc1cccc(-n2cccn2)c1. The van der Waals surface area contributed by atoms with Crippen molar-refractivity contribution in [3.8, 4) is 5.69 Å². The maximum atomic E-state index is 12.5. The van der Waals surface area contributed by atoms with Gasteiger partial charge in [-0.1, -0.05) is 32.9 Å². The first-order valence-electron chi connectivity index (χ1n) is 9.69. The molecule has 1 saturated heterocycles. The van der Waals surface area contributed by atoms with Gasteiger partial charge in [-0.05, 0) is 29.2 Å². The molecule has 2 aromatic rings. The van der Waals surface area contributed by atoms with Crippen LogP contribution in [0.2, 0.25) is 0 Å². The highest BCUT2D eigenvalue weighted by molar-refractivity contribution is 5.88. The molecule has 1 aromatic carbocycles. The van der Waals surface area contributed by atoms with Crippen LogP contribution in [0.1, 0.15) is 32.8 Å². The van der Waals surface area contributed by atoms with E-state index >= 15 is 0 Å². The van der Waals surface area contributed by atoms with Gasteiger partial charge in [0.25, 0.3) is 0 Å². The Labute approximate surface area is 166 Å². The molecule has 3 rings (SSSR count). The number of hydrogen-bond acceptors (Lipinski definition) is 4. The van der Waals surface area contributed by atoms with E-state index in [1.165, 1.54) is 0 Å². The second-order valence-corrected chi connectivity index (χ2v) is 8.44. The molecule has 0 bridgehead atoms. The number of carbonyl (C=O) groups excluding carboxylic acids is 2. The van der Waals surface area contributed by atoms with Crippen molar-refractivity contribution in [2.24, 2.45) is 5.41 Å². The molecule has 7 heteroatoms. The van der Waals surface area contributed by atoms with Gasteiger partial charge in [0.15, 0.2) is 0 Å². The van der Waals surface area contributed by atoms with Crippen LogP contribution in [-0.2, 0) is 16.1 Å². The Bertz CT molecular complexity index is 810. The minimum absolute atomic E-state index is 0.0636. The molecule has 28 heavy (non-hydrogen) atoms. The van der Waals surface area contributed by atoms with Crippen molar-refractivity contribution >= 4 is 11.8 Å². The lowest BCUT2D eigenvalue weighted by Gasteiger charge is -2.38. The van der Waals surface area contributed by atoms with Gasteiger partial charge in [-0.2, -0.15) is 5.10 Å². The van der Waals surface area contributed by atoms with Crippen LogP contribution in [0, 0.1) is 5.41 Å². The maximum Gasteiger partial charge on any atom is 0.237 e. The maximum absolute atomic E-state index is 12.5. The Kier molecular flexibility index (Phi) is 6.14. The Hall–Kier alpha value is -2.67. The minimum atomic E-state index is -0.414. The molecule has 0 unspecified atom stereocenters.